The van der Waals surface area contributed by atoms with Crippen molar-refractivity contribution in [3.63, 3.8) is 0 Å². The van der Waals surface area contributed by atoms with Crippen LogP contribution in [0.15, 0.2) is 18.2 Å². The number of nitrogens with zero attached hydrogens (tertiary/aromatic N) is 3. The third kappa shape index (κ3) is 3.31. The van der Waals surface area contributed by atoms with Crippen LogP contribution in [0.5, 0.6) is 0 Å². The average molecular weight is 323 g/mol. The van der Waals surface area contributed by atoms with Gasteiger partial charge in [0.05, 0.1) is 0 Å². The van der Waals surface area contributed by atoms with E-state index in [1.807, 2.05) is 0 Å². The first-order valence-electron chi connectivity index (χ1n) is 5.43. The number of aromatic nitrogens is 2. The number of nitrogen functional groups attached to an aromatic ring is 1. The Bertz CT molecular complexity index is 614. The Kier molecular flexibility index (Phi) is 4.05. The monoisotopic (exact) mass is 322 g/mol. The molecule has 0 aliphatic carbocycles. The van der Waals surface area contributed by atoms with Crippen LogP contribution in [0.1, 0.15) is 11.4 Å². The summed E-state index contributed by atoms with van der Waals surface area (Å²) in [6, 6.07) is 4.96. The first kappa shape index (κ1) is 14.9. The fourth-order valence-electron chi connectivity index (χ4n) is 1.52. The summed E-state index contributed by atoms with van der Waals surface area (Å²) in [7, 11) is 1.61. The Morgan fingerprint density at radius 2 is 2.10 bits per heavy atom. The molecule has 0 spiro atoms. The fraction of sp³-hybridized carbons (Fsp3) is 0.273. The maximum Gasteiger partial charge on any atom is 0.452 e. The summed E-state index contributed by atoms with van der Waals surface area (Å²) in [5.74, 6) is -1.14. The van der Waals surface area contributed by atoms with E-state index in [0.717, 1.165) is 0 Å². The highest BCUT2D eigenvalue weighted by Crippen LogP contribution is 2.31. The van der Waals surface area contributed by atoms with E-state index < -0.39 is 12.0 Å². The van der Waals surface area contributed by atoms with Crippen LogP contribution in [0.3, 0.4) is 0 Å². The quantitative estimate of drug-likeness (QED) is 0.880. The molecular formula is C11H10ClF3N4S. The number of halogens is 4. The van der Waals surface area contributed by atoms with Gasteiger partial charge in [0.2, 0.25) is 11.0 Å². The lowest BCUT2D eigenvalue weighted by Crippen LogP contribution is -2.17. The molecule has 2 N–H and O–H groups in total. The van der Waals surface area contributed by atoms with Crippen LogP contribution in [-0.2, 0) is 12.7 Å². The van der Waals surface area contributed by atoms with Crippen molar-refractivity contribution in [3.8, 4) is 0 Å². The van der Waals surface area contributed by atoms with Gasteiger partial charge in [-0.1, -0.05) is 11.6 Å². The van der Waals surface area contributed by atoms with Crippen LogP contribution in [0, 0.1) is 0 Å². The SMILES string of the molecule is CN(Cc1cc(N)ccc1Cl)c1nc(C(F)(F)F)ns1. The molecule has 9 heteroatoms. The Morgan fingerprint density at radius 1 is 1.40 bits per heavy atom. The molecule has 1 aromatic carbocycles. The Balaban J connectivity index is 2.18. The number of benzene rings is 1. The van der Waals surface area contributed by atoms with Crippen molar-refractivity contribution in [2.75, 3.05) is 17.7 Å². The van der Waals surface area contributed by atoms with Gasteiger partial charge in [-0.15, -0.1) is 0 Å². The maximum absolute atomic E-state index is 12.4. The van der Waals surface area contributed by atoms with Crippen LogP contribution >= 0.6 is 23.1 Å². The Hall–Kier alpha value is -1.54. The topological polar surface area (TPSA) is 55.0 Å². The minimum atomic E-state index is -4.54. The predicted molar refractivity (Wildman–Crippen MR) is 72.9 cm³/mol. The van der Waals surface area contributed by atoms with E-state index in [-0.39, 0.29) is 11.7 Å². The van der Waals surface area contributed by atoms with E-state index in [1.165, 1.54) is 4.90 Å². The summed E-state index contributed by atoms with van der Waals surface area (Å²) in [4.78, 5) is 5.00. The van der Waals surface area contributed by atoms with Crippen LogP contribution in [0.2, 0.25) is 5.02 Å². The first-order valence-corrected chi connectivity index (χ1v) is 6.58. The van der Waals surface area contributed by atoms with Gasteiger partial charge >= 0.3 is 6.18 Å². The van der Waals surface area contributed by atoms with E-state index in [9.17, 15) is 13.2 Å². The molecule has 4 nitrogen and oxygen atoms in total. The van der Waals surface area contributed by atoms with Gasteiger partial charge in [0, 0.05) is 35.8 Å². The largest absolute Gasteiger partial charge is 0.452 e. The molecule has 0 saturated heterocycles. The highest BCUT2D eigenvalue weighted by Gasteiger charge is 2.36. The minimum absolute atomic E-state index is 0.163. The highest BCUT2D eigenvalue weighted by molar-refractivity contribution is 7.09. The van der Waals surface area contributed by atoms with E-state index in [2.05, 4.69) is 9.36 Å². The molecule has 0 amide bonds. The van der Waals surface area contributed by atoms with E-state index in [1.54, 1.807) is 25.2 Å². The Morgan fingerprint density at radius 3 is 2.70 bits per heavy atom. The van der Waals surface area contributed by atoms with Gasteiger partial charge in [-0.05, 0) is 23.8 Å². The summed E-state index contributed by atoms with van der Waals surface area (Å²) >= 11 is 6.70. The number of alkyl halides is 3. The number of rotatable bonds is 3. The maximum atomic E-state index is 12.4. The van der Waals surface area contributed by atoms with Crippen LogP contribution in [0.4, 0.5) is 24.0 Å². The normalized spacial score (nSPS) is 11.7. The van der Waals surface area contributed by atoms with E-state index in [4.69, 9.17) is 17.3 Å². The van der Waals surface area contributed by atoms with Crippen molar-refractivity contribution < 1.29 is 13.2 Å². The van der Waals surface area contributed by atoms with Gasteiger partial charge in [-0.2, -0.15) is 22.5 Å². The van der Waals surface area contributed by atoms with Crippen molar-refractivity contribution in [1.29, 1.82) is 0 Å². The van der Waals surface area contributed by atoms with Crippen molar-refractivity contribution in [3.05, 3.63) is 34.6 Å². The molecule has 108 valence electrons. The number of hydrogen-bond acceptors (Lipinski definition) is 5. The summed E-state index contributed by atoms with van der Waals surface area (Å²) in [6.45, 7) is 0.288. The van der Waals surface area contributed by atoms with Gasteiger partial charge in [0.25, 0.3) is 0 Å². The molecule has 0 bridgehead atoms. The van der Waals surface area contributed by atoms with Gasteiger partial charge in [-0.3, -0.25) is 0 Å². The zero-order valence-corrected chi connectivity index (χ0v) is 11.9. The van der Waals surface area contributed by atoms with Gasteiger partial charge in [0.1, 0.15) is 0 Å². The fourth-order valence-corrected chi connectivity index (χ4v) is 2.35. The minimum Gasteiger partial charge on any atom is -0.399 e. The molecule has 0 atom stereocenters. The molecule has 20 heavy (non-hydrogen) atoms. The molecule has 0 aliphatic heterocycles. The third-order valence-electron chi connectivity index (χ3n) is 2.47. The molecular weight excluding hydrogens is 313 g/mol. The third-order valence-corrected chi connectivity index (χ3v) is 3.67. The van der Waals surface area contributed by atoms with Gasteiger partial charge in [-0.25, -0.2) is 0 Å². The number of nitrogens with two attached hydrogens (primary N) is 1. The number of anilines is 2. The number of hydrogen-bond donors (Lipinski definition) is 1. The first-order chi connectivity index (χ1) is 9.27. The Labute approximate surface area is 122 Å². The van der Waals surface area contributed by atoms with Crippen LogP contribution in [-0.4, -0.2) is 16.4 Å². The highest BCUT2D eigenvalue weighted by atomic mass is 35.5. The molecule has 2 aromatic rings. The second-order valence-electron chi connectivity index (χ2n) is 4.11. The van der Waals surface area contributed by atoms with Crippen molar-refractivity contribution >= 4 is 34.0 Å². The lowest BCUT2D eigenvalue weighted by molar-refractivity contribution is -0.144. The molecule has 0 radical (unpaired) electrons. The molecule has 1 heterocycles. The lowest BCUT2D eigenvalue weighted by atomic mass is 10.2. The zero-order valence-electron chi connectivity index (χ0n) is 10.3. The second kappa shape index (κ2) is 5.45. The van der Waals surface area contributed by atoms with Crippen molar-refractivity contribution in [1.82, 2.24) is 9.36 Å². The molecule has 0 saturated carbocycles. The lowest BCUT2D eigenvalue weighted by Gasteiger charge is -2.16. The summed E-state index contributed by atoms with van der Waals surface area (Å²) in [6.07, 6.45) is -4.54. The zero-order chi connectivity index (χ0) is 14.9. The molecule has 2 rings (SSSR count). The van der Waals surface area contributed by atoms with Crippen molar-refractivity contribution in [2.45, 2.75) is 12.7 Å². The molecule has 0 fully saturated rings. The van der Waals surface area contributed by atoms with Gasteiger partial charge in [0.15, 0.2) is 0 Å². The average Bonchev–Trinajstić information content (AvgIpc) is 2.83. The molecule has 1 aromatic heterocycles. The van der Waals surface area contributed by atoms with Gasteiger partial charge < -0.3 is 10.6 Å². The van der Waals surface area contributed by atoms with Crippen molar-refractivity contribution in [2.24, 2.45) is 0 Å². The summed E-state index contributed by atoms with van der Waals surface area (Å²) in [5, 5.41) is 0.655. The predicted octanol–water partition coefficient (Wildman–Crippen LogP) is 3.43. The second-order valence-corrected chi connectivity index (χ2v) is 5.24. The molecule has 0 unspecified atom stereocenters. The summed E-state index contributed by atoms with van der Waals surface area (Å²) in [5.41, 5.74) is 6.89. The van der Waals surface area contributed by atoms with Crippen LogP contribution in [0.25, 0.3) is 0 Å². The standard InChI is InChI=1S/C11H10ClF3N4S/c1-19(5-6-4-7(16)2-3-8(6)12)10-17-9(18-20-10)11(13,14)15/h2-4H,5,16H2,1H3. The van der Waals surface area contributed by atoms with E-state index in [0.29, 0.717) is 27.8 Å². The van der Waals surface area contributed by atoms with E-state index >= 15 is 0 Å². The van der Waals surface area contributed by atoms with Crippen LogP contribution < -0.4 is 10.6 Å². The molecule has 0 aliphatic rings. The smallest absolute Gasteiger partial charge is 0.399 e. The summed E-state index contributed by atoms with van der Waals surface area (Å²) < 4.78 is 40.6.